The molecule has 0 unspecified atom stereocenters. The summed E-state index contributed by atoms with van der Waals surface area (Å²) in [6, 6.07) is 0. The zero-order chi connectivity index (χ0) is 14.0. The minimum absolute atomic E-state index is 0.364. The second kappa shape index (κ2) is 9.52. The van der Waals surface area contributed by atoms with E-state index in [9.17, 15) is 4.79 Å². The molecule has 0 atom stereocenters. The normalized spacial score (nSPS) is 18.4. The molecular weight excluding hydrogens is 236 g/mol. The van der Waals surface area contributed by atoms with Crippen LogP contribution >= 0.6 is 0 Å². The molecule has 19 heavy (non-hydrogen) atoms. The molecule has 0 aliphatic heterocycles. The molecule has 1 fully saturated rings. The molecule has 0 aromatic rings. The molecular formula is C17H32O2. The molecule has 0 radical (unpaired) electrons. The van der Waals surface area contributed by atoms with Crippen LogP contribution < -0.4 is 0 Å². The van der Waals surface area contributed by atoms with Gasteiger partial charge in [-0.2, -0.15) is 0 Å². The first kappa shape index (κ1) is 16.7. The van der Waals surface area contributed by atoms with E-state index in [4.69, 9.17) is 4.74 Å². The Hall–Kier alpha value is -0.370. The summed E-state index contributed by atoms with van der Waals surface area (Å²) in [5, 5.41) is 0. The van der Waals surface area contributed by atoms with Crippen LogP contribution in [-0.4, -0.2) is 18.5 Å². The van der Waals surface area contributed by atoms with Crippen molar-refractivity contribution < 1.29 is 9.53 Å². The number of carbonyl (C=O) groups excluding carboxylic acids is 1. The van der Waals surface area contributed by atoms with Crippen molar-refractivity contribution in [2.75, 3.05) is 7.11 Å². The number of hydrogen-bond donors (Lipinski definition) is 0. The summed E-state index contributed by atoms with van der Waals surface area (Å²) in [7, 11) is 1.72. The predicted octanol–water partition coefficient (Wildman–Crippen LogP) is 5.05. The first-order valence-corrected chi connectivity index (χ1v) is 8.33. The molecule has 0 saturated heterocycles. The molecule has 0 amide bonds. The maximum atomic E-state index is 12.4. The number of hydrogen-bond acceptors (Lipinski definition) is 2. The Balaban J connectivity index is 2.15. The highest BCUT2D eigenvalue weighted by Crippen LogP contribution is 2.33. The number of carbonyl (C=O) groups is 1. The van der Waals surface area contributed by atoms with Crippen molar-refractivity contribution in [2.24, 2.45) is 0 Å². The summed E-state index contributed by atoms with van der Waals surface area (Å²) in [4.78, 5) is 12.4. The summed E-state index contributed by atoms with van der Waals surface area (Å²) >= 11 is 0. The highest BCUT2D eigenvalue weighted by molar-refractivity contribution is 5.87. The lowest BCUT2D eigenvalue weighted by Gasteiger charge is -2.34. The van der Waals surface area contributed by atoms with Gasteiger partial charge in [0.2, 0.25) is 0 Å². The lowest BCUT2D eigenvalue weighted by Crippen LogP contribution is -2.42. The van der Waals surface area contributed by atoms with Crippen molar-refractivity contribution in [2.45, 2.75) is 96.0 Å². The van der Waals surface area contributed by atoms with Crippen LogP contribution in [0, 0.1) is 0 Å². The number of ketones is 1. The van der Waals surface area contributed by atoms with E-state index in [1.165, 1.54) is 44.9 Å². The second-order valence-electron chi connectivity index (χ2n) is 6.05. The molecule has 1 aliphatic carbocycles. The van der Waals surface area contributed by atoms with Gasteiger partial charge in [-0.3, -0.25) is 4.79 Å². The molecule has 2 nitrogen and oxygen atoms in total. The van der Waals surface area contributed by atoms with E-state index in [2.05, 4.69) is 6.92 Å². The minimum Gasteiger partial charge on any atom is -0.370 e. The van der Waals surface area contributed by atoms with Crippen LogP contribution in [0.5, 0.6) is 0 Å². The van der Waals surface area contributed by atoms with Gasteiger partial charge < -0.3 is 4.74 Å². The van der Waals surface area contributed by atoms with Crippen molar-refractivity contribution in [3.63, 3.8) is 0 Å². The fourth-order valence-corrected chi connectivity index (χ4v) is 3.19. The number of methoxy groups -OCH3 is 1. The lowest BCUT2D eigenvalue weighted by atomic mass is 9.80. The molecule has 0 bridgehead atoms. The third-order valence-electron chi connectivity index (χ3n) is 4.57. The van der Waals surface area contributed by atoms with Gasteiger partial charge in [0.1, 0.15) is 5.60 Å². The topological polar surface area (TPSA) is 26.3 Å². The smallest absolute Gasteiger partial charge is 0.164 e. The summed E-state index contributed by atoms with van der Waals surface area (Å²) in [5.74, 6) is 0.364. The van der Waals surface area contributed by atoms with Crippen molar-refractivity contribution in [1.82, 2.24) is 0 Å². The van der Waals surface area contributed by atoms with Crippen molar-refractivity contribution >= 4 is 5.78 Å². The van der Waals surface area contributed by atoms with Crippen LogP contribution in [0.4, 0.5) is 0 Å². The van der Waals surface area contributed by atoms with E-state index in [0.717, 1.165) is 38.5 Å². The van der Waals surface area contributed by atoms with E-state index in [1.807, 2.05) is 0 Å². The first-order valence-electron chi connectivity index (χ1n) is 8.33. The van der Waals surface area contributed by atoms with Gasteiger partial charge >= 0.3 is 0 Å². The Labute approximate surface area is 119 Å². The Morgan fingerprint density at radius 3 is 2.11 bits per heavy atom. The molecule has 1 aliphatic rings. The summed E-state index contributed by atoms with van der Waals surface area (Å²) < 4.78 is 5.60. The number of unbranched alkanes of at least 4 members (excludes halogenated alkanes) is 6. The molecule has 1 saturated carbocycles. The molecule has 0 heterocycles. The molecule has 0 aromatic heterocycles. The van der Waals surface area contributed by atoms with Gasteiger partial charge in [-0.25, -0.2) is 0 Å². The molecule has 112 valence electrons. The fraction of sp³-hybridized carbons (Fsp3) is 0.941. The number of Topliss-reactive ketones (excluding diaryl/α,β-unsaturated/α-hetero) is 1. The zero-order valence-electron chi connectivity index (χ0n) is 13.0. The SMILES string of the molecule is CCCCCCCCCC(=O)C1(OC)CCCCC1. The largest absolute Gasteiger partial charge is 0.370 e. The van der Waals surface area contributed by atoms with Crippen LogP contribution in [-0.2, 0) is 9.53 Å². The van der Waals surface area contributed by atoms with Gasteiger partial charge in [0, 0.05) is 13.5 Å². The summed E-state index contributed by atoms with van der Waals surface area (Å²) in [5.41, 5.74) is -0.416. The van der Waals surface area contributed by atoms with Crippen LogP contribution in [0.2, 0.25) is 0 Å². The molecule has 2 heteroatoms. The van der Waals surface area contributed by atoms with E-state index in [0.29, 0.717) is 5.78 Å². The fourth-order valence-electron chi connectivity index (χ4n) is 3.19. The first-order chi connectivity index (χ1) is 9.25. The minimum atomic E-state index is -0.416. The average Bonchev–Trinajstić information content (AvgIpc) is 2.46. The van der Waals surface area contributed by atoms with Gasteiger partial charge in [0.25, 0.3) is 0 Å². The third kappa shape index (κ3) is 5.64. The molecule has 1 rings (SSSR count). The molecule has 0 spiro atoms. The van der Waals surface area contributed by atoms with Crippen molar-refractivity contribution in [3.05, 3.63) is 0 Å². The third-order valence-corrected chi connectivity index (χ3v) is 4.57. The van der Waals surface area contributed by atoms with Gasteiger partial charge in [0.05, 0.1) is 0 Å². The highest BCUT2D eigenvalue weighted by atomic mass is 16.5. The van der Waals surface area contributed by atoms with Gasteiger partial charge in [-0.15, -0.1) is 0 Å². The monoisotopic (exact) mass is 268 g/mol. The number of ether oxygens (including phenoxy) is 1. The van der Waals surface area contributed by atoms with E-state index < -0.39 is 5.60 Å². The van der Waals surface area contributed by atoms with Gasteiger partial charge in [0.15, 0.2) is 5.78 Å². The van der Waals surface area contributed by atoms with Gasteiger partial charge in [-0.1, -0.05) is 64.7 Å². The van der Waals surface area contributed by atoms with Crippen LogP contribution in [0.15, 0.2) is 0 Å². The quantitative estimate of drug-likeness (QED) is 0.518. The zero-order valence-corrected chi connectivity index (χ0v) is 13.0. The highest BCUT2D eigenvalue weighted by Gasteiger charge is 2.38. The van der Waals surface area contributed by atoms with Crippen molar-refractivity contribution in [1.29, 1.82) is 0 Å². The lowest BCUT2D eigenvalue weighted by molar-refractivity contribution is -0.145. The maximum absolute atomic E-state index is 12.4. The predicted molar refractivity (Wildman–Crippen MR) is 80.4 cm³/mol. The van der Waals surface area contributed by atoms with Crippen LogP contribution in [0.25, 0.3) is 0 Å². The maximum Gasteiger partial charge on any atom is 0.164 e. The second-order valence-corrected chi connectivity index (χ2v) is 6.05. The van der Waals surface area contributed by atoms with E-state index in [-0.39, 0.29) is 0 Å². The van der Waals surface area contributed by atoms with Crippen LogP contribution in [0.3, 0.4) is 0 Å². The Kier molecular flexibility index (Phi) is 8.36. The van der Waals surface area contributed by atoms with Crippen molar-refractivity contribution in [3.8, 4) is 0 Å². The molecule has 0 N–H and O–H groups in total. The van der Waals surface area contributed by atoms with Crippen LogP contribution in [0.1, 0.15) is 90.4 Å². The van der Waals surface area contributed by atoms with Gasteiger partial charge in [-0.05, 0) is 19.3 Å². The average molecular weight is 268 g/mol. The van der Waals surface area contributed by atoms with E-state index in [1.54, 1.807) is 7.11 Å². The molecule has 0 aromatic carbocycles. The number of rotatable bonds is 10. The Bertz CT molecular complexity index is 242. The summed E-state index contributed by atoms with van der Waals surface area (Å²) in [6.07, 6.45) is 15.0. The van der Waals surface area contributed by atoms with E-state index >= 15 is 0 Å². The summed E-state index contributed by atoms with van der Waals surface area (Å²) in [6.45, 7) is 2.24. The Morgan fingerprint density at radius 1 is 0.947 bits per heavy atom. The Morgan fingerprint density at radius 2 is 1.53 bits per heavy atom. The standard InChI is InChI=1S/C17H32O2/c1-3-4-5-6-7-8-10-13-16(18)17(19-2)14-11-9-12-15-17/h3-15H2,1-2H3.